The third kappa shape index (κ3) is 5.48. The first-order chi connectivity index (χ1) is 16.4. The lowest BCUT2D eigenvalue weighted by atomic mass is 9.95. The second-order valence-electron chi connectivity index (χ2n) is 7.24. The van der Waals surface area contributed by atoms with Crippen molar-refractivity contribution < 1.29 is 33.3 Å². The van der Waals surface area contributed by atoms with Crippen molar-refractivity contribution in [3.63, 3.8) is 0 Å². The number of rotatable bonds is 8. The Morgan fingerprint density at radius 3 is 2.35 bits per heavy atom. The molecule has 1 aromatic heterocycles. The summed E-state index contributed by atoms with van der Waals surface area (Å²) >= 11 is 1.30. The van der Waals surface area contributed by atoms with Gasteiger partial charge in [-0.3, -0.25) is 9.59 Å². The fourth-order valence-electron chi connectivity index (χ4n) is 3.60. The molecule has 182 valence electrons. The Labute approximate surface area is 201 Å². The molecule has 0 unspecified atom stereocenters. The molecule has 1 aliphatic carbocycles. The quantitative estimate of drug-likeness (QED) is 0.253. The molecule has 11 heteroatoms. The van der Waals surface area contributed by atoms with Crippen molar-refractivity contribution in [2.75, 3.05) is 33.3 Å². The van der Waals surface area contributed by atoms with Gasteiger partial charge in [0.2, 0.25) is 0 Å². The predicted octanol–water partition coefficient (Wildman–Crippen LogP) is 2.92. The van der Waals surface area contributed by atoms with Crippen LogP contribution in [0.25, 0.3) is 0 Å². The van der Waals surface area contributed by atoms with Gasteiger partial charge in [0.15, 0.2) is 11.5 Å². The van der Waals surface area contributed by atoms with Gasteiger partial charge in [-0.1, -0.05) is 0 Å². The summed E-state index contributed by atoms with van der Waals surface area (Å²) in [4.78, 5) is 38.4. The van der Waals surface area contributed by atoms with E-state index in [9.17, 15) is 14.4 Å². The number of thiophene rings is 1. The Morgan fingerprint density at radius 1 is 1.00 bits per heavy atom. The largest absolute Gasteiger partial charge is 0.496 e. The molecule has 1 heterocycles. The molecule has 3 rings (SSSR count). The summed E-state index contributed by atoms with van der Waals surface area (Å²) < 4.78 is 21.0. The molecule has 1 aliphatic rings. The molecule has 2 aromatic rings. The van der Waals surface area contributed by atoms with E-state index in [4.69, 9.17) is 18.9 Å². The predicted molar refractivity (Wildman–Crippen MR) is 127 cm³/mol. The van der Waals surface area contributed by atoms with E-state index in [1.54, 1.807) is 19.1 Å². The van der Waals surface area contributed by atoms with Crippen molar-refractivity contribution in [2.24, 2.45) is 5.10 Å². The first-order valence-corrected chi connectivity index (χ1v) is 11.5. The molecule has 2 amide bonds. The number of hydrogen-bond donors (Lipinski definition) is 2. The van der Waals surface area contributed by atoms with Crippen LogP contribution in [0.2, 0.25) is 0 Å². The number of nitrogens with zero attached hydrogens (tertiary/aromatic N) is 1. The average Bonchev–Trinajstić information content (AvgIpc) is 3.21. The smallest absolute Gasteiger partial charge is 0.341 e. The van der Waals surface area contributed by atoms with E-state index in [0.29, 0.717) is 33.4 Å². The highest BCUT2D eigenvalue weighted by Crippen LogP contribution is 2.38. The van der Waals surface area contributed by atoms with Crippen LogP contribution in [-0.4, -0.2) is 51.9 Å². The molecular weight excluding hydrogens is 462 g/mol. The van der Waals surface area contributed by atoms with Gasteiger partial charge in [-0.05, 0) is 44.2 Å². The van der Waals surface area contributed by atoms with Gasteiger partial charge in [-0.25, -0.2) is 10.2 Å². The number of methoxy groups -OCH3 is 3. The monoisotopic (exact) mass is 489 g/mol. The van der Waals surface area contributed by atoms with Gasteiger partial charge in [0.1, 0.15) is 10.8 Å². The summed E-state index contributed by atoms with van der Waals surface area (Å²) in [6.07, 6.45) is 4.85. The minimum atomic E-state index is -0.989. The number of esters is 1. The van der Waals surface area contributed by atoms with Crippen molar-refractivity contribution >= 4 is 40.3 Å². The minimum Gasteiger partial charge on any atom is -0.496 e. The molecule has 0 fully saturated rings. The summed E-state index contributed by atoms with van der Waals surface area (Å²) in [5, 5.41) is 6.70. The van der Waals surface area contributed by atoms with E-state index in [1.807, 2.05) is 0 Å². The van der Waals surface area contributed by atoms with Crippen molar-refractivity contribution in [2.45, 2.75) is 32.6 Å². The number of hydrazone groups is 1. The number of carbonyl (C=O) groups excluding carboxylic acids is 3. The van der Waals surface area contributed by atoms with E-state index in [0.717, 1.165) is 36.1 Å². The van der Waals surface area contributed by atoms with Gasteiger partial charge < -0.3 is 24.3 Å². The molecule has 34 heavy (non-hydrogen) atoms. The van der Waals surface area contributed by atoms with Gasteiger partial charge in [0, 0.05) is 16.5 Å². The Morgan fingerprint density at radius 2 is 1.68 bits per heavy atom. The Balaban J connectivity index is 1.73. The summed E-state index contributed by atoms with van der Waals surface area (Å²) in [5.74, 6) is -1.09. The molecule has 2 N–H and O–H groups in total. The molecule has 1 aromatic carbocycles. The van der Waals surface area contributed by atoms with Crippen LogP contribution in [0, 0.1) is 0 Å². The van der Waals surface area contributed by atoms with Crippen molar-refractivity contribution in [1.82, 2.24) is 5.43 Å². The molecular formula is C23H27N3O7S. The topological polar surface area (TPSA) is 125 Å². The van der Waals surface area contributed by atoms with Crippen LogP contribution >= 0.6 is 11.3 Å². The lowest BCUT2D eigenvalue weighted by molar-refractivity contribution is -0.136. The molecule has 0 saturated heterocycles. The number of ether oxygens (including phenoxy) is 4. The minimum absolute atomic E-state index is 0.214. The third-order valence-corrected chi connectivity index (χ3v) is 6.40. The van der Waals surface area contributed by atoms with Crippen LogP contribution < -0.4 is 25.0 Å². The van der Waals surface area contributed by atoms with Gasteiger partial charge in [0.25, 0.3) is 0 Å². The zero-order chi connectivity index (χ0) is 24.7. The van der Waals surface area contributed by atoms with Gasteiger partial charge >= 0.3 is 17.8 Å². The first kappa shape index (κ1) is 25.0. The third-order valence-electron chi connectivity index (χ3n) is 5.19. The zero-order valence-corrected chi connectivity index (χ0v) is 20.3. The van der Waals surface area contributed by atoms with Gasteiger partial charge in [-0.15, -0.1) is 11.3 Å². The van der Waals surface area contributed by atoms with Crippen molar-refractivity contribution in [3.8, 4) is 17.2 Å². The second kappa shape index (κ2) is 11.5. The van der Waals surface area contributed by atoms with E-state index in [-0.39, 0.29) is 6.61 Å². The first-order valence-electron chi connectivity index (χ1n) is 10.7. The van der Waals surface area contributed by atoms with Gasteiger partial charge in [0.05, 0.1) is 39.7 Å². The summed E-state index contributed by atoms with van der Waals surface area (Å²) in [5.41, 5.74) is 3.91. The van der Waals surface area contributed by atoms with Gasteiger partial charge in [-0.2, -0.15) is 5.10 Å². The average molecular weight is 490 g/mol. The van der Waals surface area contributed by atoms with Crippen LogP contribution in [0.5, 0.6) is 17.2 Å². The second-order valence-corrected chi connectivity index (χ2v) is 8.34. The number of fused-ring (bicyclic) bond motifs is 1. The summed E-state index contributed by atoms with van der Waals surface area (Å²) in [7, 11) is 4.47. The van der Waals surface area contributed by atoms with E-state index in [2.05, 4.69) is 15.8 Å². The van der Waals surface area contributed by atoms with Crippen LogP contribution in [0.15, 0.2) is 17.2 Å². The SMILES string of the molecule is CCOC(=O)c1c(NC(=O)C(=O)N/N=C\c2cc(OC)c(OC)cc2OC)sc2c1CCCC2. The van der Waals surface area contributed by atoms with E-state index < -0.39 is 17.8 Å². The van der Waals surface area contributed by atoms with Crippen molar-refractivity contribution in [1.29, 1.82) is 0 Å². The van der Waals surface area contributed by atoms with E-state index >= 15 is 0 Å². The fraction of sp³-hybridized carbons (Fsp3) is 0.391. The fourth-order valence-corrected chi connectivity index (χ4v) is 4.87. The number of aryl methyl sites for hydroxylation is 1. The van der Waals surface area contributed by atoms with E-state index in [1.165, 1.54) is 38.9 Å². The van der Waals surface area contributed by atoms with Crippen molar-refractivity contribution in [3.05, 3.63) is 33.7 Å². The Bertz CT molecular complexity index is 1110. The summed E-state index contributed by atoms with van der Waals surface area (Å²) in [6.45, 7) is 1.93. The molecule has 0 radical (unpaired) electrons. The highest BCUT2D eigenvalue weighted by atomic mass is 32.1. The van der Waals surface area contributed by atoms with Crippen LogP contribution in [0.3, 0.4) is 0 Å². The number of anilines is 1. The zero-order valence-electron chi connectivity index (χ0n) is 19.5. The molecule has 0 aliphatic heterocycles. The van der Waals surface area contributed by atoms with Crippen LogP contribution in [0.4, 0.5) is 5.00 Å². The number of hydrogen-bond acceptors (Lipinski definition) is 9. The van der Waals surface area contributed by atoms with Crippen LogP contribution in [0.1, 0.15) is 46.1 Å². The number of benzene rings is 1. The lowest BCUT2D eigenvalue weighted by Gasteiger charge is -2.12. The molecule has 0 spiro atoms. The molecule has 10 nitrogen and oxygen atoms in total. The number of amides is 2. The highest BCUT2D eigenvalue weighted by Gasteiger charge is 2.28. The molecule has 0 bridgehead atoms. The normalized spacial score (nSPS) is 12.6. The van der Waals surface area contributed by atoms with Crippen LogP contribution in [-0.2, 0) is 27.2 Å². The number of nitrogens with one attached hydrogen (secondary N) is 2. The maximum absolute atomic E-state index is 12.5. The molecule has 0 saturated carbocycles. The maximum Gasteiger partial charge on any atom is 0.341 e. The summed E-state index contributed by atoms with van der Waals surface area (Å²) in [6, 6.07) is 3.24. The number of carbonyl (C=O) groups is 3. The lowest BCUT2D eigenvalue weighted by Crippen LogP contribution is -2.32. The maximum atomic E-state index is 12.5. The Hall–Kier alpha value is -3.60. The Kier molecular flexibility index (Phi) is 8.47. The standard InChI is InChI=1S/C23H27N3O7S/c1-5-33-23(29)19-14-8-6-7-9-18(14)34-22(19)25-20(27)21(28)26-24-12-13-10-16(31-3)17(32-4)11-15(13)30-2/h10-12H,5-9H2,1-4H3,(H,25,27)(H,26,28)/b24-12-. The highest BCUT2D eigenvalue weighted by molar-refractivity contribution is 7.17. The molecule has 0 atom stereocenters.